The van der Waals surface area contributed by atoms with E-state index in [9.17, 15) is 14.0 Å². The van der Waals surface area contributed by atoms with Crippen molar-refractivity contribution in [2.75, 3.05) is 13.1 Å². The lowest BCUT2D eigenvalue weighted by Crippen LogP contribution is -2.93. The number of hydrogen-bond donors (Lipinski definition) is 0. The van der Waals surface area contributed by atoms with Crippen molar-refractivity contribution in [1.29, 1.82) is 0 Å². The number of fused-ring (bicyclic) bond motifs is 3. The molecule has 0 radical (unpaired) electrons. The average molecular weight is 503 g/mol. The number of carbonyl (C=O) groups is 1. The Morgan fingerprint density at radius 2 is 2.06 bits per heavy atom. The maximum absolute atomic E-state index is 16.3. The van der Waals surface area contributed by atoms with E-state index in [2.05, 4.69) is 6.58 Å². The molecule has 0 saturated carbocycles. The third-order valence-electron chi connectivity index (χ3n) is 7.99. The first-order chi connectivity index (χ1) is 16.2. The fourth-order valence-electron chi connectivity index (χ4n) is 6.53. The van der Waals surface area contributed by atoms with Gasteiger partial charge in [-0.3, -0.25) is 9.59 Å². The topological polar surface area (TPSA) is 42.3 Å². The van der Waals surface area contributed by atoms with Gasteiger partial charge in [-0.2, -0.15) is 4.39 Å². The third kappa shape index (κ3) is 2.28. The first-order valence-electron chi connectivity index (χ1n) is 10.9. The van der Waals surface area contributed by atoms with Crippen LogP contribution in [0.4, 0.5) is 14.5 Å². The summed E-state index contributed by atoms with van der Waals surface area (Å²) in [7, 11) is 1.48. The number of amides is 1. The highest BCUT2D eigenvalue weighted by molar-refractivity contribution is 6.44. The van der Waals surface area contributed by atoms with E-state index in [1.54, 1.807) is 29.2 Å². The van der Waals surface area contributed by atoms with E-state index in [4.69, 9.17) is 23.2 Å². The molecule has 9 heteroatoms. The Labute approximate surface area is 204 Å². The Bertz CT molecular complexity index is 1490. The van der Waals surface area contributed by atoms with Crippen molar-refractivity contribution in [3.05, 3.63) is 86.6 Å². The molecule has 4 unspecified atom stereocenters. The molecule has 5 nitrogen and oxygen atoms in total. The van der Waals surface area contributed by atoms with Crippen LogP contribution in [0.15, 0.2) is 75.2 Å². The molecule has 3 saturated heterocycles. The molecular formula is C25H20Cl2F2N3O2+. The number of carbonyl (C=O) groups excluding carboxylic acids is 1. The van der Waals surface area contributed by atoms with Crippen molar-refractivity contribution in [3.63, 3.8) is 0 Å². The highest BCUT2D eigenvalue weighted by Crippen LogP contribution is 2.69. The van der Waals surface area contributed by atoms with Gasteiger partial charge in [0.2, 0.25) is 5.91 Å². The molecule has 0 bridgehead atoms. The number of piperidine rings is 1. The van der Waals surface area contributed by atoms with Gasteiger partial charge < -0.3 is 9.47 Å². The SMILES string of the molecule is C=CC(=O)N1CCC2(C1)C1=C(Cl)C(Cl)=CC=C3C(F)[N+]2(c2ccc4c(F)cn(C)c(=O)c4c2)C31. The fourth-order valence-corrected chi connectivity index (χ4v) is 7.04. The number of hydrogen-bond acceptors (Lipinski definition) is 2. The molecule has 1 spiro atoms. The van der Waals surface area contributed by atoms with E-state index in [0.29, 0.717) is 34.3 Å². The summed E-state index contributed by atoms with van der Waals surface area (Å²) in [5.41, 5.74) is 0.674. The highest BCUT2D eigenvalue weighted by atomic mass is 35.5. The third-order valence-corrected chi connectivity index (χ3v) is 8.81. The van der Waals surface area contributed by atoms with E-state index in [1.165, 1.54) is 23.8 Å². The van der Waals surface area contributed by atoms with Gasteiger partial charge in [0.25, 0.3) is 11.9 Å². The zero-order valence-electron chi connectivity index (χ0n) is 18.2. The van der Waals surface area contributed by atoms with Crippen LogP contribution in [0.1, 0.15) is 6.42 Å². The van der Waals surface area contributed by atoms with Gasteiger partial charge in [-0.15, -0.1) is 0 Å². The van der Waals surface area contributed by atoms with E-state index >= 15 is 4.39 Å². The molecule has 0 N–H and O–H groups in total. The van der Waals surface area contributed by atoms with Gasteiger partial charge in [0.1, 0.15) is 11.5 Å². The molecule has 6 rings (SSSR count). The lowest BCUT2D eigenvalue weighted by Gasteiger charge is -2.73. The molecule has 3 fully saturated rings. The number of quaternary nitrogens is 1. The molecule has 3 aliphatic heterocycles. The summed E-state index contributed by atoms with van der Waals surface area (Å²) in [5.74, 6) is -0.771. The molecule has 1 aliphatic carbocycles. The number of allylic oxidation sites excluding steroid dienone is 4. The number of likely N-dealkylation sites (tertiary alicyclic amines) is 1. The van der Waals surface area contributed by atoms with Crippen molar-refractivity contribution >= 4 is 45.6 Å². The molecule has 4 aliphatic rings. The number of rotatable bonds is 2. The summed E-state index contributed by atoms with van der Waals surface area (Å²) in [6.45, 7) is 4.22. The van der Waals surface area contributed by atoms with Crippen LogP contribution in [0.5, 0.6) is 0 Å². The van der Waals surface area contributed by atoms with Crippen molar-refractivity contribution in [2.24, 2.45) is 7.05 Å². The Morgan fingerprint density at radius 1 is 1.29 bits per heavy atom. The fraction of sp³-hybridized carbons (Fsp3) is 0.280. The summed E-state index contributed by atoms with van der Waals surface area (Å²) >= 11 is 13.2. The van der Waals surface area contributed by atoms with Crippen LogP contribution in [0.25, 0.3) is 10.8 Å². The first kappa shape index (κ1) is 21.8. The standard InChI is InChI=1S/C25H20Cl2F2N3O2/c1-3-19(33)31-9-8-25(12-31)20-21(27)17(26)7-6-15-22(20)32(25,23(15)29)13-4-5-14-16(10-13)24(34)30(2)11-18(14)28/h3-7,10-11,22-23H,1,8-9,12H2,2H3/q+1. The van der Waals surface area contributed by atoms with Crippen LogP contribution in [0, 0.1) is 5.82 Å². The van der Waals surface area contributed by atoms with Gasteiger partial charge >= 0.3 is 0 Å². The first-order valence-corrected chi connectivity index (χ1v) is 11.7. The maximum Gasteiger partial charge on any atom is 0.266 e. The molecule has 174 valence electrons. The maximum atomic E-state index is 16.3. The smallest absolute Gasteiger partial charge is 0.266 e. The van der Waals surface area contributed by atoms with Crippen molar-refractivity contribution < 1.29 is 13.6 Å². The minimum atomic E-state index is -1.43. The van der Waals surface area contributed by atoms with E-state index in [1.807, 2.05) is 0 Å². The van der Waals surface area contributed by atoms with Gasteiger partial charge in [0.05, 0.1) is 33.1 Å². The zero-order chi connectivity index (χ0) is 24.2. The molecule has 34 heavy (non-hydrogen) atoms. The van der Waals surface area contributed by atoms with Gasteiger partial charge in [-0.05, 0) is 24.3 Å². The van der Waals surface area contributed by atoms with E-state index < -0.39 is 23.7 Å². The van der Waals surface area contributed by atoms with Crippen molar-refractivity contribution in [3.8, 4) is 0 Å². The number of alkyl halides is 1. The van der Waals surface area contributed by atoms with Gasteiger partial charge in [0, 0.05) is 43.7 Å². The lowest BCUT2D eigenvalue weighted by molar-refractivity contribution is -0.130. The van der Waals surface area contributed by atoms with Gasteiger partial charge in [0.15, 0.2) is 11.6 Å². The monoisotopic (exact) mass is 502 g/mol. The Kier molecular flexibility index (Phi) is 4.42. The van der Waals surface area contributed by atoms with Crippen molar-refractivity contribution in [1.82, 2.24) is 14.0 Å². The molecule has 4 heterocycles. The molecular weight excluding hydrogens is 483 g/mol. The van der Waals surface area contributed by atoms with Gasteiger partial charge in [-0.1, -0.05) is 29.8 Å². The van der Waals surface area contributed by atoms with Crippen LogP contribution >= 0.6 is 23.2 Å². The summed E-state index contributed by atoms with van der Waals surface area (Å²) in [5, 5.41) is 1.05. The quantitative estimate of drug-likeness (QED) is 0.347. The summed E-state index contributed by atoms with van der Waals surface area (Å²) in [6, 6.07) is 4.40. The number of nitrogens with zero attached hydrogens (tertiary/aromatic N) is 3. The molecule has 1 aromatic carbocycles. The Morgan fingerprint density at radius 3 is 2.79 bits per heavy atom. The number of benzene rings is 1. The number of aryl methyl sites for hydroxylation is 1. The van der Waals surface area contributed by atoms with Crippen LogP contribution in [-0.2, 0) is 11.8 Å². The lowest BCUT2D eigenvalue weighted by atomic mass is 9.59. The van der Waals surface area contributed by atoms with E-state index in [-0.39, 0.29) is 33.3 Å². The molecule has 2 aromatic rings. The van der Waals surface area contributed by atoms with Gasteiger partial charge in [-0.25, -0.2) is 8.87 Å². The summed E-state index contributed by atoms with van der Waals surface area (Å²) < 4.78 is 31.9. The Balaban J connectivity index is 1.62. The van der Waals surface area contributed by atoms with E-state index in [0.717, 1.165) is 11.8 Å². The minimum Gasteiger partial charge on any atom is -0.332 e. The largest absolute Gasteiger partial charge is 0.332 e. The number of aromatic nitrogens is 1. The predicted octanol–water partition coefficient (Wildman–Crippen LogP) is 4.39. The number of halogens is 4. The Hall–Kier alpha value is -2.74. The average Bonchev–Trinajstić information content (AvgIpc) is 3.25. The second kappa shape index (κ2) is 6.90. The van der Waals surface area contributed by atoms with Crippen LogP contribution in [-0.4, -0.2) is 46.3 Å². The van der Waals surface area contributed by atoms with Crippen LogP contribution < -0.4 is 10.0 Å². The molecule has 1 aromatic heterocycles. The zero-order valence-corrected chi connectivity index (χ0v) is 19.7. The van der Waals surface area contributed by atoms with Crippen LogP contribution in [0.2, 0.25) is 0 Å². The second-order valence-electron chi connectivity index (χ2n) is 9.29. The predicted molar refractivity (Wildman–Crippen MR) is 129 cm³/mol. The number of pyridine rings is 1. The summed E-state index contributed by atoms with van der Waals surface area (Å²) in [4.78, 5) is 27.0. The molecule has 1 amide bonds. The van der Waals surface area contributed by atoms with Crippen LogP contribution in [0.3, 0.4) is 0 Å². The minimum absolute atomic E-state index is 0.126. The van der Waals surface area contributed by atoms with Crippen molar-refractivity contribution in [2.45, 2.75) is 24.3 Å². The molecule has 4 atom stereocenters. The normalized spacial score (nSPS) is 31.5. The second-order valence-corrected chi connectivity index (χ2v) is 10.1. The highest BCUT2D eigenvalue weighted by Gasteiger charge is 2.85. The summed E-state index contributed by atoms with van der Waals surface area (Å²) in [6.07, 6.45) is 4.69.